The quantitative estimate of drug-likeness (QED) is 0.585. The van der Waals surface area contributed by atoms with E-state index in [9.17, 15) is 13.2 Å². The minimum atomic E-state index is -4.20. The largest absolute Gasteiger partial charge is 0.411 e. The van der Waals surface area contributed by atoms with Crippen molar-refractivity contribution >= 4 is 11.8 Å². The molecule has 0 aliphatic heterocycles. The molecule has 0 aromatic rings. The molecule has 0 amide bonds. The number of ether oxygens (including phenoxy) is 1. The molecule has 17 heavy (non-hydrogen) atoms. The molecule has 1 N–H and O–H groups in total. The molecule has 0 atom stereocenters. The van der Waals surface area contributed by atoms with Crippen LogP contribution in [0.15, 0.2) is 0 Å². The molecule has 2 nitrogen and oxygen atoms in total. The Hall–Kier alpha value is 0.0600. The topological polar surface area (TPSA) is 21.3 Å². The van der Waals surface area contributed by atoms with Gasteiger partial charge in [-0.1, -0.05) is 6.42 Å². The fourth-order valence-corrected chi connectivity index (χ4v) is 1.78. The number of hydrogen-bond donors (Lipinski definition) is 1. The molecule has 0 saturated heterocycles. The van der Waals surface area contributed by atoms with Crippen LogP contribution in [-0.2, 0) is 4.74 Å². The molecule has 0 aromatic carbocycles. The van der Waals surface area contributed by atoms with Crippen LogP contribution in [0.4, 0.5) is 13.2 Å². The van der Waals surface area contributed by atoms with E-state index in [1.54, 1.807) is 0 Å². The van der Waals surface area contributed by atoms with Crippen LogP contribution in [0.5, 0.6) is 0 Å². The van der Waals surface area contributed by atoms with Crippen LogP contribution in [0.3, 0.4) is 0 Å². The maximum absolute atomic E-state index is 11.7. The number of thioether (sulfide) groups is 1. The predicted octanol–water partition coefficient (Wildman–Crippen LogP) is 3.08. The van der Waals surface area contributed by atoms with E-state index < -0.39 is 12.8 Å². The lowest BCUT2D eigenvalue weighted by Crippen LogP contribution is -2.21. The number of hydrogen-bond acceptors (Lipinski definition) is 3. The summed E-state index contributed by atoms with van der Waals surface area (Å²) >= 11 is 1.85. The molecule has 0 aliphatic rings. The summed E-state index contributed by atoms with van der Waals surface area (Å²) in [5.74, 6) is 1.20. The molecule has 0 bridgehead atoms. The van der Waals surface area contributed by atoms with Crippen LogP contribution >= 0.6 is 11.8 Å². The van der Waals surface area contributed by atoms with Crippen LogP contribution in [0.2, 0.25) is 0 Å². The van der Waals surface area contributed by atoms with Gasteiger partial charge in [-0.2, -0.15) is 24.9 Å². The highest BCUT2D eigenvalue weighted by atomic mass is 32.2. The Bertz CT molecular complexity index is 167. The van der Waals surface area contributed by atoms with Gasteiger partial charge in [0.15, 0.2) is 0 Å². The Morgan fingerprint density at radius 3 is 2.41 bits per heavy atom. The summed E-state index contributed by atoms with van der Waals surface area (Å²) in [4.78, 5) is 0. The second-order valence-electron chi connectivity index (χ2n) is 3.82. The monoisotopic (exact) mass is 273 g/mol. The minimum absolute atomic E-state index is 0.166. The first-order chi connectivity index (χ1) is 8.06. The highest BCUT2D eigenvalue weighted by Gasteiger charge is 2.26. The minimum Gasteiger partial charge on any atom is -0.372 e. The van der Waals surface area contributed by atoms with Gasteiger partial charge in [0.05, 0.1) is 0 Å². The average Bonchev–Trinajstić information content (AvgIpc) is 2.24. The van der Waals surface area contributed by atoms with Crippen LogP contribution in [0, 0.1) is 0 Å². The van der Waals surface area contributed by atoms with Crippen molar-refractivity contribution in [3.05, 3.63) is 0 Å². The smallest absolute Gasteiger partial charge is 0.372 e. The van der Waals surface area contributed by atoms with Gasteiger partial charge in [-0.15, -0.1) is 0 Å². The van der Waals surface area contributed by atoms with Crippen LogP contribution in [-0.4, -0.2) is 44.5 Å². The number of rotatable bonds is 11. The van der Waals surface area contributed by atoms with Crippen molar-refractivity contribution < 1.29 is 17.9 Å². The Morgan fingerprint density at radius 1 is 1.06 bits per heavy atom. The summed E-state index contributed by atoms with van der Waals surface area (Å²) in [5, 5.41) is 3.19. The lowest BCUT2D eigenvalue weighted by atomic mass is 10.2. The van der Waals surface area contributed by atoms with E-state index >= 15 is 0 Å². The lowest BCUT2D eigenvalue weighted by Gasteiger charge is -2.08. The first kappa shape index (κ1) is 17.1. The normalized spacial score (nSPS) is 12.0. The summed E-state index contributed by atoms with van der Waals surface area (Å²) in [6, 6.07) is 0. The molecule has 0 fully saturated rings. The van der Waals surface area contributed by atoms with E-state index in [0.29, 0.717) is 6.42 Å². The molecule has 0 radical (unpaired) electrons. The summed E-state index contributed by atoms with van der Waals surface area (Å²) < 4.78 is 39.6. The molecule has 6 heteroatoms. The van der Waals surface area contributed by atoms with Crippen molar-refractivity contribution in [2.75, 3.05) is 38.3 Å². The van der Waals surface area contributed by atoms with E-state index in [1.165, 1.54) is 18.6 Å². The molecule has 104 valence electrons. The lowest BCUT2D eigenvalue weighted by molar-refractivity contribution is -0.173. The first-order valence-corrected chi connectivity index (χ1v) is 7.30. The Labute approximate surface area is 106 Å². The predicted molar refractivity (Wildman–Crippen MR) is 66.6 cm³/mol. The maximum atomic E-state index is 11.7. The molecule has 0 spiro atoms. The van der Waals surface area contributed by atoms with Crippen molar-refractivity contribution in [2.45, 2.75) is 31.9 Å². The fourth-order valence-electron chi connectivity index (χ4n) is 1.29. The third kappa shape index (κ3) is 16.1. The molecule has 0 aliphatic carbocycles. The molecular weight excluding hydrogens is 251 g/mol. The van der Waals surface area contributed by atoms with E-state index in [-0.39, 0.29) is 6.61 Å². The zero-order chi connectivity index (χ0) is 13.0. The number of nitrogens with one attached hydrogen (secondary N) is 1. The second kappa shape index (κ2) is 11.2. The van der Waals surface area contributed by atoms with Gasteiger partial charge in [0.2, 0.25) is 0 Å². The Balaban J connectivity index is 2.99. The number of alkyl halides is 3. The Morgan fingerprint density at radius 2 is 1.76 bits per heavy atom. The van der Waals surface area contributed by atoms with Crippen LogP contribution < -0.4 is 5.32 Å². The third-order valence-electron chi connectivity index (χ3n) is 2.11. The highest BCUT2D eigenvalue weighted by molar-refractivity contribution is 7.98. The van der Waals surface area contributed by atoms with Crippen LogP contribution in [0.25, 0.3) is 0 Å². The van der Waals surface area contributed by atoms with Gasteiger partial charge < -0.3 is 10.1 Å². The summed E-state index contributed by atoms with van der Waals surface area (Å²) in [5.41, 5.74) is 0. The van der Waals surface area contributed by atoms with Gasteiger partial charge in [-0.05, 0) is 44.4 Å². The average molecular weight is 273 g/mol. The first-order valence-electron chi connectivity index (χ1n) is 5.90. The third-order valence-corrected chi connectivity index (χ3v) is 2.81. The van der Waals surface area contributed by atoms with Crippen molar-refractivity contribution in [1.82, 2.24) is 5.32 Å². The van der Waals surface area contributed by atoms with Gasteiger partial charge in [0.25, 0.3) is 0 Å². The van der Waals surface area contributed by atoms with Crippen molar-refractivity contribution in [3.63, 3.8) is 0 Å². The molecule has 0 saturated carbocycles. The van der Waals surface area contributed by atoms with Gasteiger partial charge >= 0.3 is 6.18 Å². The van der Waals surface area contributed by atoms with E-state index in [2.05, 4.69) is 16.3 Å². The zero-order valence-electron chi connectivity index (χ0n) is 10.3. The second-order valence-corrected chi connectivity index (χ2v) is 4.81. The fraction of sp³-hybridized carbons (Fsp3) is 1.00. The maximum Gasteiger partial charge on any atom is 0.411 e. The van der Waals surface area contributed by atoms with Gasteiger partial charge in [0, 0.05) is 6.61 Å². The van der Waals surface area contributed by atoms with Crippen molar-refractivity contribution in [1.29, 1.82) is 0 Å². The summed E-state index contributed by atoms with van der Waals surface area (Å²) in [6.07, 6.45) is 2.09. The standard InChI is InChI=1S/C11H22F3NOS/c1-17-9-4-2-3-6-15-7-5-8-16-10-11(12,13)14/h15H,2-10H2,1H3. The molecule has 0 heterocycles. The van der Waals surface area contributed by atoms with E-state index in [4.69, 9.17) is 0 Å². The van der Waals surface area contributed by atoms with Gasteiger partial charge in [-0.3, -0.25) is 0 Å². The summed E-state index contributed by atoms with van der Waals surface area (Å²) in [7, 11) is 0. The number of unbranched alkanes of at least 4 members (excludes halogenated alkanes) is 2. The molecule has 0 aromatic heterocycles. The molecule has 0 unspecified atom stereocenters. The van der Waals surface area contributed by atoms with Crippen LogP contribution in [0.1, 0.15) is 25.7 Å². The van der Waals surface area contributed by atoms with Crippen molar-refractivity contribution in [3.8, 4) is 0 Å². The molecule has 0 rings (SSSR count). The van der Waals surface area contributed by atoms with Crippen molar-refractivity contribution in [2.24, 2.45) is 0 Å². The SMILES string of the molecule is CSCCCCCNCCCOCC(F)(F)F. The highest BCUT2D eigenvalue weighted by Crippen LogP contribution is 2.14. The van der Waals surface area contributed by atoms with E-state index in [1.807, 2.05) is 11.8 Å². The zero-order valence-corrected chi connectivity index (χ0v) is 11.1. The number of halogens is 3. The molecular formula is C11H22F3NOS. The summed E-state index contributed by atoms with van der Waals surface area (Å²) in [6.45, 7) is 0.689. The van der Waals surface area contributed by atoms with E-state index in [0.717, 1.165) is 19.5 Å². The Kier molecular flexibility index (Phi) is 11.2. The van der Waals surface area contributed by atoms with Gasteiger partial charge in [0.1, 0.15) is 6.61 Å². The van der Waals surface area contributed by atoms with Gasteiger partial charge in [-0.25, -0.2) is 0 Å².